The minimum atomic E-state index is 0.0489. The maximum Gasteiger partial charge on any atom is 0.161 e. The fraction of sp³-hybridized carbons (Fsp3) is 0.333. The molecule has 2 aliphatic rings. The molecule has 5 heteroatoms. The van der Waals surface area contributed by atoms with Gasteiger partial charge in [-0.3, -0.25) is 9.89 Å². The molecule has 20 heavy (non-hydrogen) atoms. The highest BCUT2D eigenvalue weighted by atomic mass is 32.1. The molecule has 1 aliphatic heterocycles. The zero-order valence-corrected chi connectivity index (χ0v) is 12.0. The number of fused-ring (bicyclic) bond motifs is 1. The maximum absolute atomic E-state index is 12.5. The second-order valence-electron chi connectivity index (χ2n) is 5.35. The molecule has 0 unspecified atom stereocenters. The van der Waals surface area contributed by atoms with E-state index in [9.17, 15) is 4.79 Å². The first kappa shape index (κ1) is 11.9. The van der Waals surface area contributed by atoms with Crippen LogP contribution in [0.2, 0.25) is 0 Å². The molecule has 0 bridgehead atoms. The quantitative estimate of drug-likeness (QED) is 0.845. The average Bonchev–Trinajstić information content (AvgIpc) is 3.08. The van der Waals surface area contributed by atoms with Crippen LogP contribution < -0.4 is 5.32 Å². The van der Waals surface area contributed by atoms with Crippen LogP contribution in [-0.2, 0) is 4.79 Å². The van der Waals surface area contributed by atoms with Gasteiger partial charge in [0, 0.05) is 33.8 Å². The highest BCUT2D eigenvalue weighted by Gasteiger charge is 2.37. The Bertz CT molecular complexity index is 712. The number of Topliss-reactive ketones (excluding diaryl/α,β-unsaturated/α-hetero) is 1. The van der Waals surface area contributed by atoms with Gasteiger partial charge in [0.2, 0.25) is 0 Å². The van der Waals surface area contributed by atoms with Gasteiger partial charge in [-0.15, -0.1) is 11.3 Å². The molecule has 0 aromatic carbocycles. The molecule has 0 fully saturated rings. The number of allylic oxidation sites excluding steroid dienone is 2. The normalized spacial score (nSPS) is 21.4. The molecule has 1 atom stereocenters. The highest BCUT2D eigenvalue weighted by molar-refractivity contribution is 7.10. The van der Waals surface area contributed by atoms with Crippen molar-refractivity contribution in [3.63, 3.8) is 0 Å². The van der Waals surface area contributed by atoms with Gasteiger partial charge in [-0.2, -0.15) is 5.10 Å². The van der Waals surface area contributed by atoms with Gasteiger partial charge in [0.25, 0.3) is 0 Å². The number of nitrogens with zero attached hydrogens (tertiary/aromatic N) is 1. The lowest BCUT2D eigenvalue weighted by Crippen LogP contribution is -2.26. The minimum Gasteiger partial charge on any atom is -0.342 e. The Kier molecular flexibility index (Phi) is 2.57. The lowest BCUT2D eigenvalue weighted by molar-refractivity contribution is -0.116. The molecule has 4 nitrogen and oxygen atoms in total. The fourth-order valence-corrected chi connectivity index (χ4v) is 4.09. The zero-order valence-electron chi connectivity index (χ0n) is 11.2. The summed E-state index contributed by atoms with van der Waals surface area (Å²) in [6, 6.07) is 4.16. The van der Waals surface area contributed by atoms with Crippen LogP contribution >= 0.6 is 11.3 Å². The number of ketones is 1. The van der Waals surface area contributed by atoms with Gasteiger partial charge in [0.1, 0.15) is 0 Å². The Morgan fingerprint density at radius 1 is 1.40 bits per heavy atom. The number of rotatable bonds is 1. The number of carbonyl (C=O) groups is 1. The largest absolute Gasteiger partial charge is 0.342 e. The Hall–Kier alpha value is -1.88. The highest BCUT2D eigenvalue weighted by Crippen LogP contribution is 2.46. The number of aromatic nitrogens is 2. The summed E-state index contributed by atoms with van der Waals surface area (Å²) in [5, 5.41) is 12.8. The van der Waals surface area contributed by atoms with E-state index < -0.39 is 0 Å². The lowest BCUT2D eigenvalue weighted by Gasteiger charge is -2.31. The first-order chi connectivity index (χ1) is 9.75. The van der Waals surface area contributed by atoms with E-state index in [1.54, 1.807) is 11.3 Å². The summed E-state index contributed by atoms with van der Waals surface area (Å²) in [6.45, 7) is 2.02. The third-order valence-corrected chi connectivity index (χ3v) is 5.06. The molecule has 0 amide bonds. The van der Waals surface area contributed by atoms with E-state index in [2.05, 4.69) is 27.0 Å². The van der Waals surface area contributed by atoms with Gasteiger partial charge in [0.05, 0.1) is 5.92 Å². The van der Waals surface area contributed by atoms with Crippen LogP contribution in [0.5, 0.6) is 0 Å². The van der Waals surface area contributed by atoms with Gasteiger partial charge in [-0.05, 0) is 31.2 Å². The number of hydrogen-bond donors (Lipinski definition) is 2. The Labute approximate surface area is 120 Å². The summed E-state index contributed by atoms with van der Waals surface area (Å²) in [5.41, 5.74) is 4.19. The van der Waals surface area contributed by atoms with E-state index in [0.29, 0.717) is 6.42 Å². The summed E-state index contributed by atoms with van der Waals surface area (Å²) >= 11 is 1.71. The van der Waals surface area contributed by atoms with Gasteiger partial charge in [0.15, 0.2) is 11.6 Å². The number of carbonyl (C=O) groups excluding carboxylic acids is 1. The first-order valence-electron chi connectivity index (χ1n) is 6.87. The van der Waals surface area contributed by atoms with Crippen molar-refractivity contribution in [1.29, 1.82) is 0 Å². The molecule has 0 spiro atoms. The van der Waals surface area contributed by atoms with Gasteiger partial charge in [-0.1, -0.05) is 6.07 Å². The van der Waals surface area contributed by atoms with Crippen LogP contribution in [0.4, 0.5) is 5.82 Å². The van der Waals surface area contributed by atoms with E-state index in [4.69, 9.17) is 0 Å². The summed E-state index contributed by atoms with van der Waals surface area (Å²) in [7, 11) is 0. The van der Waals surface area contributed by atoms with Crippen molar-refractivity contribution in [2.75, 3.05) is 5.32 Å². The van der Waals surface area contributed by atoms with Crippen LogP contribution in [0, 0.1) is 6.92 Å². The Morgan fingerprint density at radius 3 is 3.10 bits per heavy atom. The number of H-pyrrole nitrogens is 1. The minimum absolute atomic E-state index is 0.0489. The topological polar surface area (TPSA) is 57.8 Å². The summed E-state index contributed by atoms with van der Waals surface area (Å²) in [5.74, 6) is 1.21. The zero-order chi connectivity index (χ0) is 13.7. The van der Waals surface area contributed by atoms with Crippen molar-refractivity contribution in [3.8, 4) is 0 Å². The predicted octanol–water partition coefficient (Wildman–Crippen LogP) is 3.34. The number of anilines is 1. The standard InChI is InChI=1S/C15H15N3OS/c1-8-12-14(11-6-3-7-20-11)13-9(4-2-5-10(13)19)16-15(12)18-17-8/h3,6-7,14H,2,4-5H2,1H3,(H2,16,17,18)/t14-/m0/s1. The summed E-state index contributed by atoms with van der Waals surface area (Å²) in [4.78, 5) is 13.7. The van der Waals surface area contributed by atoms with Crippen LogP contribution in [-0.4, -0.2) is 16.0 Å². The number of nitrogens with one attached hydrogen (secondary N) is 2. The molecule has 3 heterocycles. The summed E-state index contributed by atoms with van der Waals surface area (Å²) < 4.78 is 0. The van der Waals surface area contributed by atoms with E-state index in [-0.39, 0.29) is 11.7 Å². The smallest absolute Gasteiger partial charge is 0.161 e. The van der Waals surface area contributed by atoms with Crippen LogP contribution in [0.15, 0.2) is 28.8 Å². The van der Waals surface area contributed by atoms with E-state index >= 15 is 0 Å². The Balaban J connectivity index is 1.96. The van der Waals surface area contributed by atoms with Crippen LogP contribution in [0.3, 0.4) is 0 Å². The van der Waals surface area contributed by atoms with E-state index in [1.165, 1.54) is 4.88 Å². The lowest BCUT2D eigenvalue weighted by atomic mass is 9.79. The van der Waals surface area contributed by atoms with E-state index in [0.717, 1.165) is 41.2 Å². The molecule has 2 N–H and O–H groups in total. The third kappa shape index (κ3) is 1.59. The number of thiophene rings is 1. The van der Waals surface area contributed by atoms with Crippen molar-refractivity contribution in [2.24, 2.45) is 0 Å². The van der Waals surface area contributed by atoms with Gasteiger partial charge < -0.3 is 5.32 Å². The van der Waals surface area contributed by atoms with Crippen molar-refractivity contribution in [2.45, 2.75) is 32.1 Å². The maximum atomic E-state index is 12.5. The third-order valence-electron chi connectivity index (χ3n) is 4.13. The number of aromatic amines is 1. The summed E-state index contributed by atoms with van der Waals surface area (Å²) in [6.07, 6.45) is 2.53. The molecule has 0 radical (unpaired) electrons. The second kappa shape index (κ2) is 4.31. The van der Waals surface area contributed by atoms with Crippen LogP contribution in [0.1, 0.15) is 41.3 Å². The number of hydrogen-bond acceptors (Lipinski definition) is 4. The van der Waals surface area contributed by atoms with Crippen molar-refractivity contribution < 1.29 is 4.79 Å². The Morgan fingerprint density at radius 2 is 2.30 bits per heavy atom. The van der Waals surface area contributed by atoms with Crippen molar-refractivity contribution >= 4 is 22.9 Å². The van der Waals surface area contributed by atoms with Crippen molar-refractivity contribution in [3.05, 3.63) is 44.9 Å². The monoisotopic (exact) mass is 285 g/mol. The average molecular weight is 285 g/mol. The van der Waals surface area contributed by atoms with Gasteiger partial charge >= 0.3 is 0 Å². The predicted molar refractivity (Wildman–Crippen MR) is 79.0 cm³/mol. The SMILES string of the molecule is Cc1[nH]nc2c1[C@H](c1cccs1)C1=C(CCCC1=O)N2. The van der Waals surface area contributed by atoms with E-state index in [1.807, 2.05) is 13.0 Å². The molecule has 2 aromatic rings. The van der Waals surface area contributed by atoms with Crippen molar-refractivity contribution in [1.82, 2.24) is 10.2 Å². The molecular weight excluding hydrogens is 270 g/mol. The molecule has 2 aromatic heterocycles. The molecule has 102 valence electrons. The molecule has 1 aliphatic carbocycles. The first-order valence-corrected chi connectivity index (χ1v) is 7.75. The molecular formula is C15H15N3OS. The van der Waals surface area contributed by atoms with Gasteiger partial charge in [-0.25, -0.2) is 0 Å². The molecule has 0 saturated carbocycles. The second-order valence-corrected chi connectivity index (χ2v) is 6.33. The van der Waals surface area contributed by atoms with Crippen LogP contribution in [0.25, 0.3) is 0 Å². The fourth-order valence-electron chi connectivity index (χ4n) is 3.24. The number of aryl methyl sites for hydroxylation is 1. The molecule has 0 saturated heterocycles. The molecule has 4 rings (SSSR count).